The molecule has 0 saturated heterocycles. The van der Waals surface area contributed by atoms with Crippen LogP contribution in [-0.4, -0.2) is 22.1 Å². The smallest absolute Gasteiger partial charge is 0.225 e. The minimum absolute atomic E-state index is 0.126. The van der Waals surface area contributed by atoms with Gasteiger partial charge < -0.3 is 10.6 Å². The van der Waals surface area contributed by atoms with E-state index in [1.165, 1.54) is 6.92 Å². The highest BCUT2D eigenvalue weighted by atomic mass is 16.6. The first-order valence-corrected chi connectivity index (χ1v) is 5.53. The Morgan fingerprint density at radius 3 is 2.41 bits per heavy atom. The summed E-state index contributed by atoms with van der Waals surface area (Å²) >= 11 is 0. The minimum atomic E-state index is -0.304. The van der Waals surface area contributed by atoms with E-state index in [1.807, 2.05) is 0 Å². The van der Waals surface area contributed by atoms with Crippen molar-refractivity contribution in [3.63, 3.8) is 0 Å². The quantitative estimate of drug-likeness (QED) is 0.735. The average molecular weight is 240 g/mol. The number of aromatic nitrogens is 2. The maximum atomic E-state index is 11.5. The second-order valence-corrected chi connectivity index (χ2v) is 3.65. The van der Waals surface area contributed by atoms with Crippen molar-refractivity contribution in [1.29, 1.82) is 0 Å². The van der Waals surface area contributed by atoms with Crippen LogP contribution in [0.5, 0.6) is 0 Å². The topological polar surface area (TPSA) is 97.1 Å². The molecule has 7 nitrogen and oxygen atoms in total. The average Bonchev–Trinajstić information content (AvgIpc) is 2.65. The molecule has 1 heterocycles. The molecule has 94 valence electrons. The van der Waals surface area contributed by atoms with Crippen LogP contribution in [0.1, 0.15) is 39.5 Å². The van der Waals surface area contributed by atoms with Gasteiger partial charge in [0.05, 0.1) is 0 Å². The van der Waals surface area contributed by atoms with Crippen LogP contribution in [-0.2, 0) is 9.59 Å². The third-order valence-electron chi connectivity index (χ3n) is 2.05. The molecule has 17 heavy (non-hydrogen) atoms. The van der Waals surface area contributed by atoms with Crippen molar-refractivity contribution in [3.8, 4) is 0 Å². The highest BCUT2D eigenvalue weighted by Gasteiger charge is 2.13. The normalized spacial score (nSPS) is 10.0. The maximum absolute atomic E-state index is 11.5. The van der Waals surface area contributed by atoms with Crippen molar-refractivity contribution < 1.29 is 14.2 Å². The number of rotatable bonds is 6. The van der Waals surface area contributed by atoms with Crippen molar-refractivity contribution in [2.24, 2.45) is 0 Å². The van der Waals surface area contributed by atoms with Crippen LogP contribution in [0.15, 0.2) is 4.63 Å². The van der Waals surface area contributed by atoms with E-state index in [9.17, 15) is 9.59 Å². The summed E-state index contributed by atoms with van der Waals surface area (Å²) < 4.78 is 4.44. The van der Waals surface area contributed by atoms with Crippen LogP contribution in [0, 0.1) is 0 Å². The molecular weight excluding hydrogens is 224 g/mol. The number of hydrogen-bond donors (Lipinski definition) is 2. The highest BCUT2D eigenvalue weighted by Crippen LogP contribution is 2.15. The third-order valence-corrected chi connectivity index (χ3v) is 2.05. The zero-order valence-corrected chi connectivity index (χ0v) is 9.95. The van der Waals surface area contributed by atoms with Crippen LogP contribution in [0.3, 0.4) is 0 Å². The van der Waals surface area contributed by atoms with E-state index in [0.717, 1.165) is 19.3 Å². The predicted molar refractivity (Wildman–Crippen MR) is 61.4 cm³/mol. The van der Waals surface area contributed by atoms with Gasteiger partial charge in [-0.05, 0) is 16.7 Å². The fourth-order valence-electron chi connectivity index (χ4n) is 1.25. The standard InChI is InChI=1S/C10H16N4O3/c1-3-4-5-6-8(16)12-10-9(11-7(2)15)13-17-14-10/h3-6H2,1-2H3,(H,11,13,15)(H,12,14,16). The lowest BCUT2D eigenvalue weighted by molar-refractivity contribution is -0.116. The zero-order chi connectivity index (χ0) is 12.7. The van der Waals surface area contributed by atoms with E-state index in [-0.39, 0.29) is 23.5 Å². The molecule has 0 aliphatic carbocycles. The fourth-order valence-corrected chi connectivity index (χ4v) is 1.25. The van der Waals surface area contributed by atoms with Gasteiger partial charge in [-0.2, -0.15) is 0 Å². The Morgan fingerprint density at radius 1 is 1.18 bits per heavy atom. The fraction of sp³-hybridized carbons (Fsp3) is 0.600. The number of nitrogens with zero attached hydrogens (tertiary/aromatic N) is 2. The molecule has 0 bridgehead atoms. The molecule has 0 aliphatic rings. The molecule has 0 spiro atoms. The minimum Gasteiger partial charge on any atom is -0.305 e. The maximum Gasteiger partial charge on any atom is 0.225 e. The number of carbonyl (C=O) groups excluding carboxylic acids is 2. The number of unbranched alkanes of at least 4 members (excludes halogenated alkanes) is 2. The lowest BCUT2D eigenvalue weighted by Crippen LogP contribution is -2.14. The molecule has 1 rings (SSSR count). The molecule has 0 radical (unpaired) electrons. The molecule has 0 atom stereocenters. The summed E-state index contributed by atoms with van der Waals surface area (Å²) in [7, 11) is 0. The van der Waals surface area contributed by atoms with E-state index in [2.05, 4.69) is 32.5 Å². The van der Waals surface area contributed by atoms with Crippen molar-refractivity contribution >= 4 is 23.5 Å². The Morgan fingerprint density at radius 2 is 1.82 bits per heavy atom. The Labute approximate surface area is 98.9 Å². The Balaban J connectivity index is 2.47. The molecule has 2 N–H and O–H groups in total. The van der Waals surface area contributed by atoms with Crippen LogP contribution in [0.4, 0.5) is 11.6 Å². The lowest BCUT2D eigenvalue weighted by Gasteiger charge is -2.02. The van der Waals surface area contributed by atoms with Crippen LogP contribution >= 0.6 is 0 Å². The summed E-state index contributed by atoms with van der Waals surface area (Å²) in [6, 6.07) is 0. The molecule has 2 amide bonds. The first-order chi connectivity index (χ1) is 8.13. The van der Waals surface area contributed by atoms with Gasteiger partial charge in [-0.25, -0.2) is 4.63 Å². The summed E-state index contributed by atoms with van der Waals surface area (Å²) in [5, 5.41) is 11.9. The molecule has 1 aromatic heterocycles. The van der Waals surface area contributed by atoms with Gasteiger partial charge in [-0.3, -0.25) is 9.59 Å². The Hall–Kier alpha value is -1.92. The summed E-state index contributed by atoms with van der Waals surface area (Å²) in [6.45, 7) is 3.40. The lowest BCUT2D eigenvalue weighted by atomic mass is 10.2. The molecule has 0 fully saturated rings. The van der Waals surface area contributed by atoms with Gasteiger partial charge in [-0.15, -0.1) is 0 Å². The SMILES string of the molecule is CCCCCC(=O)Nc1nonc1NC(C)=O. The summed E-state index contributed by atoms with van der Waals surface area (Å²) in [6.07, 6.45) is 3.29. The van der Waals surface area contributed by atoms with Gasteiger partial charge in [0.25, 0.3) is 0 Å². The van der Waals surface area contributed by atoms with Gasteiger partial charge in [0.2, 0.25) is 23.5 Å². The number of carbonyl (C=O) groups is 2. The second kappa shape index (κ2) is 6.62. The Bertz CT molecular complexity index is 389. The van der Waals surface area contributed by atoms with E-state index >= 15 is 0 Å². The highest BCUT2D eigenvalue weighted by molar-refractivity contribution is 5.96. The Kier molecular flexibility index (Phi) is 5.12. The molecule has 0 aromatic carbocycles. The molecule has 0 unspecified atom stereocenters. The van der Waals surface area contributed by atoms with Crippen LogP contribution < -0.4 is 10.6 Å². The summed E-state index contributed by atoms with van der Waals surface area (Å²) in [5.41, 5.74) is 0. The van der Waals surface area contributed by atoms with E-state index in [1.54, 1.807) is 0 Å². The zero-order valence-electron chi connectivity index (χ0n) is 9.95. The van der Waals surface area contributed by atoms with E-state index in [4.69, 9.17) is 0 Å². The largest absolute Gasteiger partial charge is 0.305 e. The van der Waals surface area contributed by atoms with Gasteiger partial charge in [0, 0.05) is 13.3 Å². The van der Waals surface area contributed by atoms with Gasteiger partial charge in [0.1, 0.15) is 0 Å². The van der Waals surface area contributed by atoms with E-state index < -0.39 is 0 Å². The van der Waals surface area contributed by atoms with Crippen molar-refractivity contribution in [1.82, 2.24) is 10.3 Å². The first-order valence-electron chi connectivity index (χ1n) is 5.53. The van der Waals surface area contributed by atoms with Crippen LogP contribution in [0.25, 0.3) is 0 Å². The molecule has 0 saturated carbocycles. The van der Waals surface area contributed by atoms with Crippen molar-refractivity contribution in [2.45, 2.75) is 39.5 Å². The van der Waals surface area contributed by atoms with Crippen molar-refractivity contribution in [3.05, 3.63) is 0 Å². The van der Waals surface area contributed by atoms with Crippen molar-refractivity contribution in [2.75, 3.05) is 10.6 Å². The summed E-state index contributed by atoms with van der Waals surface area (Å²) in [4.78, 5) is 22.3. The molecule has 7 heteroatoms. The van der Waals surface area contributed by atoms with Gasteiger partial charge in [0.15, 0.2) is 0 Å². The van der Waals surface area contributed by atoms with Crippen LogP contribution in [0.2, 0.25) is 0 Å². The number of hydrogen-bond acceptors (Lipinski definition) is 5. The molecule has 0 aliphatic heterocycles. The third kappa shape index (κ3) is 4.62. The van der Waals surface area contributed by atoms with Gasteiger partial charge >= 0.3 is 0 Å². The number of anilines is 2. The predicted octanol–water partition coefficient (Wildman–Crippen LogP) is 1.55. The monoisotopic (exact) mass is 240 g/mol. The molecule has 1 aromatic rings. The summed E-state index contributed by atoms with van der Waals surface area (Å²) in [5.74, 6) is -0.203. The molecular formula is C10H16N4O3. The van der Waals surface area contributed by atoms with E-state index in [0.29, 0.717) is 6.42 Å². The first kappa shape index (κ1) is 13.1. The number of amides is 2. The number of nitrogens with one attached hydrogen (secondary N) is 2. The second-order valence-electron chi connectivity index (χ2n) is 3.65. The van der Waals surface area contributed by atoms with Gasteiger partial charge in [-0.1, -0.05) is 19.8 Å².